The highest BCUT2D eigenvalue weighted by atomic mass is 32.2. The van der Waals surface area contributed by atoms with E-state index >= 15 is 0 Å². The minimum Gasteiger partial charge on any atom is -0.405 e. The number of thioether (sulfide) groups is 1. The first kappa shape index (κ1) is 63.5. The van der Waals surface area contributed by atoms with Crippen LogP contribution in [0.3, 0.4) is 0 Å². The van der Waals surface area contributed by atoms with Crippen molar-refractivity contribution >= 4 is 47.1 Å². The van der Waals surface area contributed by atoms with Gasteiger partial charge in [0.2, 0.25) is 5.91 Å². The number of benzene rings is 9. The van der Waals surface area contributed by atoms with Crippen LogP contribution in [0.5, 0.6) is 0 Å². The zero-order chi connectivity index (χ0) is 61.4. The summed E-state index contributed by atoms with van der Waals surface area (Å²) in [5.41, 5.74) is 5.34. The van der Waals surface area contributed by atoms with Crippen molar-refractivity contribution in [2.75, 3.05) is 13.2 Å². The second-order valence-electron chi connectivity index (χ2n) is 24.1. The number of rotatable bonds is 26. The Morgan fingerprint density at radius 1 is 0.472 bits per heavy atom. The van der Waals surface area contributed by atoms with Crippen LogP contribution >= 0.6 is 11.8 Å². The summed E-state index contributed by atoms with van der Waals surface area (Å²) in [7, 11) is -3.25. The molecular weight excluding hydrogens is 1150 g/mol. The van der Waals surface area contributed by atoms with Gasteiger partial charge < -0.3 is 47.6 Å². The van der Waals surface area contributed by atoms with Crippen LogP contribution in [0.25, 0.3) is 10.8 Å². The van der Waals surface area contributed by atoms with Crippen LogP contribution in [0, 0.1) is 6.92 Å². The van der Waals surface area contributed by atoms with Gasteiger partial charge in [0.25, 0.3) is 8.32 Å². The van der Waals surface area contributed by atoms with Crippen molar-refractivity contribution in [3.63, 3.8) is 0 Å². The summed E-state index contributed by atoms with van der Waals surface area (Å²) in [4.78, 5) is 15.0. The first-order valence-corrected chi connectivity index (χ1v) is 33.7. The summed E-state index contributed by atoms with van der Waals surface area (Å²) in [5.74, 6) is -0.311. The molecule has 0 aromatic heterocycles. The number of amides is 1. The summed E-state index contributed by atoms with van der Waals surface area (Å²) in [6, 6.07) is 83.7. The molecule has 1 amide bonds. The predicted octanol–water partition coefficient (Wildman–Crippen LogP) is 13.7. The van der Waals surface area contributed by atoms with Crippen molar-refractivity contribution in [3.8, 4) is 0 Å². The molecule has 10 atom stereocenters. The molecule has 0 saturated carbocycles. The van der Waals surface area contributed by atoms with Crippen molar-refractivity contribution in [1.82, 2.24) is 5.32 Å². The molecule has 11 rings (SSSR count). The lowest BCUT2D eigenvalue weighted by molar-refractivity contribution is -0.333. The van der Waals surface area contributed by atoms with E-state index < -0.39 is 68.8 Å². The lowest BCUT2D eigenvalue weighted by Gasteiger charge is -2.51. The third-order valence-corrected chi connectivity index (χ3v) is 22.7. The quantitative estimate of drug-likeness (QED) is 0.0523. The Kier molecular flexibility index (Phi) is 21.8. The van der Waals surface area contributed by atoms with Gasteiger partial charge in [-0.2, -0.15) is 0 Å². The molecule has 89 heavy (non-hydrogen) atoms. The van der Waals surface area contributed by atoms with Crippen molar-refractivity contribution in [3.05, 3.63) is 282 Å². The Bertz CT molecular complexity index is 3550. The molecule has 1 N–H and O–H groups in total. The van der Waals surface area contributed by atoms with Gasteiger partial charge in [0, 0.05) is 11.8 Å². The minimum absolute atomic E-state index is 0.0755. The van der Waals surface area contributed by atoms with Gasteiger partial charge in [-0.05, 0) is 79.1 Å². The molecule has 2 saturated heterocycles. The second kappa shape index (κ2) is 30.6. The normalized spacial score (nSPS) is 22.2. The number of aryl methyl sites for hydroxylation is 1. The molecule has 0 aliphatic carbocycles. The fraction of sp³-hybridized carbons (Fsp3) is 0.303. The SMILES string of the molecule is CC(=O)N[C@H]1[C@@H](O[C@H]2[C@H](OCc3ccccc3)[C@@H](OCc3ccccc3)[C@H](Sc3ccc(C)cc3)O[C@@H]2CO[Si](c2ccccc2)(c2ccccc2)C(C)(C)C)O[C@H](COCc2ccccc2)[C@@H](OCc2ccc3ccccc3c2)[C@@H]1OCc1ccccc1. The highest BCUT2D eigenvalue weighted by molar-refractivity contribution is 7.99. The molecule has 9 aromatic carbocycles. The summed E-state index contributed by atoms with van der Waals surface area (Å²) in [6.45, 7) is 11.7. The van der Waals surface area contributed by atoms with E-state index in [4.69, 9.17) is 42.3 Å². The van der Waals surface area contributed by atoms with Crippen LogP contribution in [0.2, 0.25) is 5.04 Å². The van der Waals surface area contributed by atoms with Gasteiger partial charge in [-0.25, -0.2) is 0 Å². The number of carbonyl (C=O) groups is 1. The van der Waals surface area contributed by atoms with Gasteiger partial charge in [0.05, 0.1) is 46.2 Å². The van der Waals surface area contributed by atoms with Crippen LogP contribution in [-0.4, -0.2) is 87.9 Å². The Labute approximate surface area is 530 Å². The van der Waals surface area contributed by atoms with Crippen LogP contribution in [0.15, 0.2) is 254 Å². The van der Waals surface area contributed by atoms with E-state index in [1.807, 2.05) is 121 Å². The summed E-state index contributed by atoms with van der Waals surface area (Å²) in [6.07, 6.45) is -7.09. The Morgan fingerprint density at radius 3 is 1.47 bits per heavy atom. The highest BCUT2D eigenvalue weighted by Gasteiger charge is 2.56. The fourth-order valence-corrected chi connectivity index (χ4v) is 17.8. The molecule has 2 heterocycles. The molecule has 2 aliphatic rings. The van der Waals surface area contributed by atoms with E-state index in [1.54, 1.807) is 11.8 Å². The third-order valence-electron chi connectivity index (χ3n) is 16.6. The molecule has 460 valence electrons. The largest absolute Gasteiger partial charge is 0.405 e. The van der Waals surface area contributed by atoms with Crippen molar-refractivity contribution < 1.29 is 47.1 Å². The molecule has 13 heteroatoms. The maximum absolute atomic E-state index is 14.0. The summed E-state index contributed by atoms with van der Waals surface area (Å²) >= 11 is 1.58. The number of ether oxygens (including phenoxy) is 8. The smallest absolute Gasteiger partial charge is 0.261 e. The molecule has 2 aliphatic heterocycles. The second-order valence-corrected chi connectivity index (χ2v) is 29.5. The van der Waals surface area contributed by atoms with E-state index in [0.29, 0.717) is 6.61 Å². The number of nitrogens with one attached hydrogen (secondary N) is 1. The summed E-state index contributed by atoms with van der Waals surface area (Å²) < 4.78 is 66.5. The van der Waals surface area contributed by atoms with E-state index in [2.05, 4.69) is 160 Å². The predicted molar refractivity (Wildman–Crippen MR) is 354 cm³/mol. The maximum Gasteiger partial charge on any atom is 0.261 e. The number of hydrogen-bond donors (Lipinski definition) is 1. The van der Waals surface area contributed by atoms with E-state index in [0.717, 1.165) is 59.4 Å². The molecular formula is C76H81NO10SSi. The number of carbonyl (C=O) groups excluding carboxylic acids is 1. The van der Waals surface area contributed by atoms with E-state index in [1.165, 1.54) is 6.92 Å². The topological polar surface area (TPSA) is 112 Å². The monoisotopic (exact) mass is 1230 g/mol. The van der Waals surface area contributed by atoms with Gasteiger partial charge in [0.1, 0.15) is 54.2 Å². The standard InChI is InChI=1S/C76H81NO10SSi/c1-54-40-44-63(45-41-54)88-75-73(83-50-59-32-18-9-19-33-59)72(82-49-58-30-16-8-17-31-58)70(67(86-75)53-84-89(76(3,4)5,64-36-20-10-21-37-64)65-38-22-11-23-39-65)87-74-68(77-55(2)78)71(81-48-57-28-14-7-15-29-57)69(66(85-74)52-79-47-56-26-12-6-13-27-56)80-51-60-42-43-61-34-24-25-35-62(61)46-60/h6-46,66-75H,47-53H2,1-5H3,(H,77,78)/t66-,67-,68-,69-,70-,71-,72+,73-,74-,75+/m1/s1. The zero-order valence-electron chi connectivity index (χ0n) is 51.4. The number of fused-ring (bicyclic) bond motifs is 1. The molecule has 0 radical (unpaired) electrons. The molecule has 9 aromatic rings. The lowest BCUT2D eigenvalue weighted by Crippen LogP contribution is -2.70. The third kappa shape index (κ3) is 16.3. The Balaban J connectivity index is 1.05. The highest BCUT2D eigenvalue weighted by Crippen LogP contribution is 2.43. The van der Waals surface area contributed by atoms with Crippen LogP contribution in [0.1, 0.15) is 61.1 Å². The van der Waals surface area contributed by atoms with Gasteiger partial charge in [-0.1, -0.05) is 269 Å². The zero-order valence-corrected chi connectivity index (χ0v) is 53.2. The first-order chi connectivity index (χ1) is 43.5. The lowest BCUT2D eigenvalue weighted by atomic mass is 9.94. The maximum atomic E-state index is 14.0. The van der Waals surface area contributed by atoms with Crippen molar-refractivity contribution in [1.29, 1.82) is 0 Å². The average molecular weight is 1230 g/mol. The molecule has 11 nitrogen and oxygen atoms in total. The fourth-order valence-electron chi connectivity index (χ4n) is 12.1. The molecule has 0 spiro atoms. The van der Waals surface area contributed by atoms with Gasteiger partial charge >= 0.3 is 0 Å². The molecule has 0 unspecified atom stereocenters. The Hall–Kier alpha value is -7.08. The minimum atomic E-state index is -3.25. The van der Waals surface area contributed by atoms with E-state index in [9.17, 15) is 4.79 Å². The Morgan fingerprint density at radius 2 is 0.933 bits per heavy atom. The summed E-state index contributed by atoms with van der Waals surface area (Å²) in [5, 5.41) is 7.36. The molecule has 2 fully saturated rings. The van der Waals surface area contributed by atoms with Crippen LogP contribution in [-0.2, 0) is 80.1 Å². The number of hydrogen-bond acceptors (Lipinski definition) is 11. The first-order valence-electron chi connectivity index (χ1n) is 30.9. The van der Waals surface area contributed by atoms with Gasteiger partial charge in [0.15, 0.2) is 6.29 Å². The van der Waals surface area contributed by atoms with E-state index in [-0.39, 0.29) is 50.6 Å². The van der Waals surface area contributed by atoms with Gasteiger partial charge in [-0.15, -0.1) is 0 Å². The van der Waals surface area contributed by atoms with Crippen LogP contribution < -0.4 is 15.7 Å². The average Bonchev–Trinajstić information content (AvgIpc) is 0.801. The van der Waals surface area contributed by atoms with Crippen LogP contribution in [0.4, 0.5) is 0 Å². The van der Waals surface area contributed by atoms with Crippen molar-refractivity contribution in [2.24, 2.45) is 0 Å². The van der Waals surface area contributed by atoms with Crippen molar-refractivity contribution in [2.45, 2.75) is 138 Å². The molecule has 0 bridgehead atoms. The van der Waals surface area contributed by atoms with Gasteiger partial charge in [-0.3, -0.25) is 4.79 Å².